The highest BCUT2D eigenvalue weighted by molar-refractivity contribution is 5.81. The van der Waals surface area contributed by atoms with Gasteiger partial charge < -0.3 is 14.7 Å². The summed E-state index contributed by atoms with van der Waals surface area (Å²) >= 11 is 0. The highest BCUT2D eigenvalue weighted by Crippen LogP contribution is 2.33. The third kappa shape index (κ3) is 3.38. The van der Waals surface area contributed by atoms with Crippen molar-refractivity contribution >= 4 is 11.9 Å². The Labute approximate surface area is 142 Å². The molecule has 6 nitrogen and oxygen atoms in total. The third-order valence-corrected chi connectivity index (χ3v) is 5.06. The van der Waals surface area contributed by atoms with Gasteiger partial charge in [0, 0.05) is 6.54 Å². The van der Waals surface area contributed by atoms with Gasteiger partial charge in [-0.2, -0.15) is 0 Å². The van der Waals surface area contributed by atoms with Crippen LogP contribution in [0.4, 0.5) is 0 Å². The van der Waals surface area contributed by atoms with Gasteiger partial charge in [-0.05, 0) is 49.9 Å². The summed E-state index contributed by atoms with van der Waals surface area (Å²) in [6.45, 7) is 1.62. The Balaban J connectivity index is 1.68. The van der Waals surface area contributed by atoms with E-state index in [2.05, 4.69) is 0 Å². The molecular weight excluding hydrogens is 308 g/mol. The lowest BCUT2D eigenvalue weighted by Gasteiger charge is -2.28. The number of aliphatic carboxylic acids is 1. The summed E-state index contributed by atoms with van der Waals surface area (Å²) in [5.74, 6) is 0.00545. The van der Waals surface area contributed by atoms with E-state index in [1.807, 2.05) is 29.2 Å². The molecule has 0 spiro atoms. The fourth-order valence-corrected chi connectivity index (χ4v) is 3.80. The van der Waals surface area contributed by atoms with Crippen LogP contribution in [0.1, 0.15) is 37.3 Å². The highest BCUT2D eigenvalue weighted by atomic mass is 16.5. The van der Waals surface area contributed by atoms with Crippen LogP contribution in [-0.4, -0.2) is 59.6 Å². The molecular formula is C18H24N2O4. The monoisotopic (exact) mass is 332 g/mol. The van der Waals surface area contributed by atoms with Crippen LogP contribution >= 0.6 is 0 Å². The molecule has 24 heavy (non-hydrogen) atoms. The maximum absolute atomic E-state index is 12.7. The number of carbonyl (C=O) groups excluding carboxylic acids is 1. The number of carbonyl (C=O) groups is 2. The van der Waals surface area contributed by atoms with E-state index in [0.717, 1.165) is 37.1 Å². The fraction of sp³-hybridized carbons (Fsp3) is 0.556. The molecule has 0 aromatic heterocycles. The first-order valence-electron chi connectivity index (χ1n) is 8.50. The first-order chi connectivity index (χ1) is 11.6. The predicted octanol–water partition coefficient (Wildman–Crippen LogP) is 1.91. The van der Waals surface area contributed by atoms with Crippen LogP contribution in [-0.2, 0) is 9.59 Å². The molecule has 2 atom stereocenters. The normalized spacial score (nSPS) is 24.3. The first kappa shape index (κ1) is 16.8. The average Bonchev–Trinajstić information content (AvgIpc) is 3.24. The number of hydrogen-bond donors (Lipinski definition) is 1. The second-order valence-corrected chi connectivity index (χ2v) is 6.49. The number of benzene rings is 1. The van der Waals surface area contributed by atoms with Crippen LogP contribution in [0.3, 0.4) is 0 Å². The van der Waals surface area contributed by atoms with Crippen molar-refractivity contribution in [2.45, 2.75) is 37.8 Å². The van der Waals surface area contributed by atoms with Crippen LogP contribution in [0.5, 0.6) is 5.75 Å². The minimum absolute atomic E-state index is 0.0291. The molecule has 0 aliphatic carbocycles. The Morgan fingerprint density at radius 1 is 1.17 bits per heavy atom. The molecule has 0 bridgehead atoms. The number of carboxylic acids is 1. The van der Waals surface area contributed by atoms with E-state index in [1.54, 1.807) is 12.0 Å². The zero-order valence-electron chi connectivity index (χ0n) is 14.0. The number of nitrogens with zero attached hydrogens (tertiary/aromatic N) is 2. The summed E-state index contributed by atoms with van der Waals surface area (Å²) in [4.78, 5) is 27.7. The van der Waals surface area contributed by atoms with Crippen molar-refractivity contribution in [3.8, 4) is 5.75 Å². The van der Waals surface area contributed by atoms with Crippen molar-refractivity contribution in [1.82, 2.24) is 9.80 Å². The lowest BCUT2D eigenvalue weighted by atomic mass is 10.0. The summed E-state index contributed by atoms with van der Waals surface area (Å²) in [6.07, 6.45) is 3.39. The van der Waals surface area contributed by atoms with Crippen LogP contribution in [0.15, 0.2) is 24.3 Å². The number of likely N-dealkylation sites (tertiary alicyclic amines) is 2. The third-order valence-electron chi connectivity index (χ3n) is 5.06. The van der Waals surface area contributed by atoms with E-state index >= 15 is 0 Å². The molecule has 6 heteroatoms. The largest absolute Gasteiger partial charge is 0.497 e. The van der Waals surface area contributed by atoms with Crippen LogP contribution < -0.4 is 4.74 Å². The Morgan fingerprint density at radius 3 is 2.54 bits per heavy atom. The van der Waals surface area contributed by atoms with Crippen molar-refractivity contribution in [2.75, 3.05) is 26.7 Å². The lowest BCUT2D eigenvalue weighted by Crippen LogP contribution is -2.44. The molecule has 1 N–H and O–H groups in total. The van der Waals surface area contributed by atoms with Crippen molar-refractivity contribution in [2.24, 2.45) is 0 Å². The maximum atomic E-state index is 12.7. The van der Waals surface area contributed by atoms with Crippen molar-refractivity contribution in [1.29, 1.82) is 0 Å². The maximum Gasteiger partial charge on any atom is 0.320 e. The minimum Gasteiger partial charge on any atom is -0.497 e. The zero-order chi connectivity index (χ0) is 17.1. The smallest absolute Gasteiger partial charge is 0.320 e. The molecule has 1 aromatic rings. The number of rotatable bonds is 5. The lowest BCUT2D eigenvalue weighted by molar-refractivity contribution is -0.143. The first-order valence-corrected chi connectivity index (χ1v) is 8.50. The minimum atomic E-state index is -0.826. The number of amides is 1. The van der Waals surface area contributed by atoms with Crippen molar-refractivity contribution < 1.29 is 19.4 Å². The molecule has 2 fully saturated rings. The number of carboxylic acid groups (broad SMARTS) is 1. The van der Waals surface area contributed by atoms with Crippen molar-refractivity contribution in [3.05, 3.63) is 29.8 Å². The van der Waals surface area contributed by atoms with Crippen molar-refractivity contribution in [3.63, 3.8) is 0 Å². The number of methoxy groups -OCH3 is 1. The van der Waals surface area contributed by atoms with Gasteiger partial charge in [0.05, 0.1) is 19.7 Å². The van der Waals surface area contributed by atoms with E-state index in [-0.39, 0.29) is 18.5 Å². The van der Waals surface area contributed by atoms with Gasteiger partial charge >= 0.3 is 5.97 Å². The SMILES string of the molecule is COc1ccc([C@H]2CCCN2C(=O)CN2CCC[C@H]2C(=O)O)cc1. The second kappa shape index (κ2) is 7.21. The molecule has 1 amide bonds. The number of hydrogen-bond acceptors (Lipinski definition) is 4. The molecule has 2 saturated heterocycles. The van der Waals surface area contributed by atoms with Gasteiger partial charge in [0.25, 0.3) is 0 Å². The van der Waals surface area contributed by atoms with Crippen LogP contribution in [0.25, 0.3) is 0 Å². The van der Waals surface area contributed by atoms with Gasteiger partial charge in [0.15, 0.2) is 0 Å². The fourth-order valence-electron chi connectivity index (χ4n) is 3.80. The Morgan fingerprint density at radius 2 is 1.88 bits per heavy atom. The van der Waals surface area contributed by atoms with Gasteiger partial charge in [-0.15, -0.1) is 0 Å². The van der Waals surface area contributed by atoms with Crippen LogP contribution in [0, 0.1) is 0 Å². The van der Waals surface area contributed by atoms with E-state index in [4.69, 9.17) is 4.74 Å². The molecule has 2 aliphatic rings. The summed E-state index contributed by atoms with van der Waals surface area (Å²) < 4.78 is 5.19. The Bertz CT molecular complexity index is 602. The van der Waals surface area contributed by atoms with E-state index in [1.165, 1.54) is 0 Å². The Kier molecular flexibility index (Phi) is 5.04. The zero-order valence-corrected chi connectivity index (χ0v) is 14.0. The summed E-state index contributed by atoms with van der Waals surface area (Å²) in [6, 6.07) is 7.40. The standard InChI is InChI=1S/C18H24N2O4/c1-24-14-8-6-13(7-9-14)15-4-3-11-20(15)17(21)12-19-10-2-5-16(19)18(22)23/h6-9,15-16H,2-5,10-12H2,1H3,(H,22,23)/t15-,16+/m1/s1. The molecule has 2 aliphatic heterocycles. The quantitative estimate of drug-likeness (QED) is 0.892. The molecule has 0 radical (unpaired) electrons. The summed E-state index contributed by atoms with van der Waals surface area (Å²) in [5, 5.41) is 9.26. The predicted molar refractivity (Wildman–Crippen MR) is 88.9 cm³/mol. The molecule has 2 heterocycles. The molecule has 0 unspecified atom stereocenters. The average molecular weight is 332 g/mol. The highest BCUT2D eigenvalue weighted by Gasteiger charge is 2.35. The van der Waals surface area contributed by atoms with Crippen LogP contribution in [0.2, 0.25) is 0 Å². The molecule has 3 rings (SSSR count). The van der Waals surface area contributed by atoms with Gasteiger partial charge in [-0.25, -0.2) is 0 Å². The van der Waals surface area contributed by atoms with Gasteiger partial charge in [0.2, 0.25) is 5.91 Å². The molecule has 130 valence electrons. The number of ether oxygens (including phenoxy) is 1. The van der Waals surface area contributed by atoms with E-state index < -0.39 is 12.0 Å². The Hall–Kier alpha value is -2.08. The summed E-state index contributed by atoms with van der Waals surface area (Å²) in [5.41, 5.74) is 1.11. The topological polar surface area (TPSA) is 70.1 Å². The van der Waals surface area contributed by atoms with E-state index in [9.17, 15) is 14.7 Å². The van der Waals surface area contributed by atoms with Gasteiger partial charge in [-0.3, -0.25) is 14.5 Å². The van der Waals surface area contributed by atoms with Gasteiger partial charge in [0.1, 0.15) is 11.8 Å². The molecule has 0 saturated carbocycles. The van der Waals surface area contributed by atoms with E-state index in [0.29, 0.717) is 13.0 Å². The second-order valence-electron chi connectivity index (χ2n) is 6.49. The summed E-state index contributed by atoms with van der Waals surface area (Å²) in [7, 11) is 1.63. The van der Waals surface area contributed by atoms with Gasteiger partial charge in [-0.1, -0.05) is 12.1 Å². The molecule has 1 aromatic carbocycles.